The maximum absolute atomic E-state index is 12.6. The number of rotatable bonds is 3. The molecule has 14 heavy (non-hydrogen) atoms. The van der Waals surface area contributed by atoms with Crippen LogP contribution in [-0.4, -0.2) is 31.5 Å². The smallest absolute Gasteiger partial charge is 0.381 e. The quantitative estimate of drug-likeness (QED) is 0.770. The highest BCUT2D eigenvalue weighted by Gasteiger charge is 2.45. The molecule has 0 radical (unpaired) electrons. The van der Waals surface area contributed by atoms with Gasteiger partial charge in [0.2, 0.25) is 0 Å². The fourth-order valence-electron chi connectivity index (χ4n) is 1.67. The third kappa shape index (κ3) is 3.13. The van der Waals surface area contributed by atoms with E-state index in [4.69, 9.17) is 4.74 Å². The molecule has 0 saturated carbocycles. The highest BCUT2D eigenvalue weighted by Crippen LogP contribution is 2.30. The number of hydrogen-bond donors (Lipinski definition) is 1. The van der Waals surface area contributed by atoms with Crippen LogP contribution in [-0.2, 0) is 4.74 Å². The molecule has 1 saturated heterocycles. The van der Waals surface area contributed by atoms with Gasteiger partial charge in [0.05, 0.1) is 6.61 Å². The summed E-state index contributed by atoms with van der Waals surface area (Å²) in [6.45, 7) is 4.09. The SMILES string of the molecule is CC(C)NC(C1CCOC1)C(F)(F)F. The Hall–Kier alpha value is -0.290. The van der Waals surface area contributed by atoms with Crippen molar-refractivity contribution >= 4 is 0 Å². The second-order valence-electron chi connectivity index (χ2n) is 3.96. The maximum atomic E-state index is 12.6. The Kier molecular flexibility index (Phi) is 3.78. The molecule has 0 aromatic rings. The van der Waals surface area contributed by atoms with E-state index in [0.29, 0.717) is 13.0 Å². The molecule has 0 aromatic heterocycles. The van der Waals surface area contributed by atoms with E-state index in [9.17, 15) is 13.2 Å². The van der Waals surface area contributed by atoms with Crippen LogP contribution in [0.5, 0.6) is 0 Å². The van der Waals surface area contributed by atoms with Crippen molar-refractivity contribution < 1.29 is 17.9 Å². The monoisotopic (exact) mass is 211 g/mol. The Labute approximate surface area is 81.8 Å². The van der Waals surface area contributed by atoms with Crippen LogP contribution in [0.3, 0.4) is 0 Å². The van der Waals surface area contributed by atoms with Crippen LogP contribution >= 0.6 is 0 Å². The van der Waals surface area contributed by atoms with Crippen molar-refractivity contribution in [3.8, 4) is 0 Å². The zero-order chi connectivity index (χ0) is 10.8. The number of hydrogen-bond acceptors (Lipinski definition) is 2. The average molecular weight is 211 g/mol. The summed E-state index contributed by atoms with van der Waals surface area (Å²) in [5, 5.41) is 2.56. The zero-order valence-corrected chi connectivity index (χ0v) is 8.40. The van der Waals surface area contributed by atoms with Gasteiger partial charge in [0.1, 0.15) is 6.04 Å². The normalized spacial score (nSPS) is 25.7. The van der Waals surface area contributed by atoms with E-state index in [0.717, 1.165) is 0 Å². The Morgan fingerprint density at radius 3 is 2.36 bits per heavy atom. The summed E-state index contributed by atoms with van der Waals surface area (Å²) in [5.41, 5.74) is 0. The third-order valence-corrected chi connectivity index (χ3v) is 2.30. The largest absolute Gasteiger partial charge is 0.404 e. The van der Waals surface area contributed by atoms with Gasteiger partial charge >= 0.3 is 6.18 Å². The van der Waals surface area contributed by atoms with Gasteiger partial charge in [-0.1, -0.05) is 13.8 Å². The zero-order valence-electron chi connectivity index (χ0n) is 8.40. The van der Waals surface area contributed by atoms with E-state index in [2.05, 4.69) is 5.32 Å². The summed E-state index contributed by atoms with van der Waals surface area (Å²) in [4.78, 5) is 0. The van der Waals surface area contributed by atoms with Crippen LogP contribution in [0.25, 0.3) is 0 Å². The van der Waals surface area contributed by atoms with Gasteiger partial charge in [-0.3, -0.25) is 0 Å². The third-order valence-electron chi connectivity index (χ3n) is 2.30. The molecule has 1 heterocycles. The van der Waals surface area contributed by atoms with E-state index < -0.39 is 18.1 Å². The lowest BCUT2D eigenvalue weighted by atomic mass is 9.98. The van der Waals surface area contributed by atoms with E-state index in [1.807, 2.05) is 0 Å². The lowest BCUT2D eigenvalue weighted by molar-refractivity contribution is -0.169. The molecule has 0 amide bonds. The maximum Gasteiger partial charge on any atom is 0.404 e. The number of halogens is 3. The summed E-state index contributed by atoms with van der Waals surface area (Å²) >= 11 is 0. The average Bonchev–Trinajstić information content (AvgIpc) is 2.49. The van der Waals surface area contributed by atoms with E-state index >= 15 is 0 Å². The first-order valence-electron chi connectivity index (χ1n) is 4.81. The Bertz CT molecular complexity index is 175. The van der Waals surface area contributed by atoms with E-state index in [1.54, 1.807) is 13.8 Å². The van der Waals surface area contributed by atoms with Gasteiger partial charge in [-0.25, -0.2) is 0 Å². The van der Waals surface area contributed by atoms with Crippen LogP contribution in [0.4, 0.5) is 13.2 Å². The van der Waals surface area contributed by atoms with Gasteiger partial charge in [0.25, 0.3) is 0 Å². The second-order valence-corrected chi connectivity index (χ2v) is 3.96. The predicted molar refractivity (Wildman–Crippen MR) is 47.0 cm³/mol. The first-order chi connectivity index (χ1) is 6.41. The molecule has 0 aromatic carbocycles. The Morgan fingerprint density at radius 1 is 1.36 bits per heavy atom. The van der Waals surface area contributed by atoms with Crippen LogP contribution in [0, 0.1) is 5.92 Å². The van der Waals surface area contributed by atoms with E-state index in [1.165, 1.54) is 0 Å². The molecule has 0 bridgehead atoms. The Balaban J connectivity index is 2.60. The summed E-state index contributed by atoms with van der Waals surface area (Å²) in [7, 11) is 0. The van der Waals surface area contributed by atoms with Gasteiger partial charge in [0, 0.05) is 18.6 Å². The molecule has 2 nitrogen and oxygen atoms in total. The van der Waals surface area contributed by atoms with Crippen LogP contribution < -0.4 is 5.32 Å². The molecule has 0 spiro atoms. The minimum absolute atomic E-state index is 0.165. The molecule has 1 aliphatic heterocycles. The molecular weight excluding hydrogens is 195 g/mol. The lowest BCUT2D eigenvalue weighted by Gasteiger charge is -2.28. The predicted octanol–water partition coefficient (Wildman–Crippen LogP) is 1.95. The Morgan fingerprint density at radius 2 is 2.00 bits per heavy atom. The van der Waals surface area contributed by atoms with Crippen molar-refractivity contribution in [3.63, 3.8) is 0 Å². The molecule has 1 rings (SSSR count). The van der Waals surface area contributed by atoms with E-state index in [-0.39, 0.29) is 12.6 Å². The minimum atomic E-state index is -4.18. The molecule has 2 atom stereocenters. The molecule has 1 aliphatic rings. The van der Waals surface area contributed by atoms with Gasteiger partial charge < -0.3 is 10.1 Å². The van der Waals surface area contributed by atoms with Crippen molar-refractivity contribution in [2.45, 2.75) is 38.5 Å². The second kappa shape index (κ2) is 4.49. The van der Waals surface area contributed by atoms with Crippen LogP contribution in [0.1, 0.15) is 20.3 Å². The molecular formula is C9H16F3NO. The summed E-state index contributed by atoms with van der Waals surface area (Å²) in [6, 6.07) is -1.59. The first kappa shape index (κ1) is 11.8. The standard InChI is InChI=1S/C9H16F3NO/c1-6(2)13-8(9(10,11)12)7-3-4-14-5-7/h6-8,13H,3-5H2,1-2H3. The highest BCUT2D eigenvalue weighted by atomic mass is 19.4. The van der Waals surface area contributed by atoms with Crippen LogP contribution in [0.15, 0.2) is 0 Å². The minimum Gasteiger partial charge on any atom is -0.381 e. The highest BCUT2D eigenvalue weighted by molar-refractivity contribution is 4.86. The number of ether oxygens (including phenoxy) is 1. The topological polar surface area (TPSA) is 21.3 Å². The molecule has 5 heteroatoms. The summed E-state index contributed by atoms with van der Waals surface area (Å²) in [5.74, 6) is -0.433. The molecule has 1 fully saturated rings. The number of alkyl halides is 3. The number of nitrogens with one attached hydrogen (secondary N) is 1. The van der Waals surface area contributed by atoms with Crippen molar-refractivity contribution in [3.05, 3.63) is 0 Å². The van der Waals surface area contributed by atoms with Gasteiger partial charge in [-0.15, -0.1) is 0 Å². The fraction of sp³-hybridized carbons (Fsp3) is 1.00. The molecule has 84 valence electrons. The van der Waals surface area contributed by atoms with Gasteiger partial charge in [-0.05, 0) is 6.42 Å². The lowest BCUT2D eigenvalue weighted by Crippen LogP contribution is -2.50. The first-order valence-corrected chi connectivity index (χ1v) is 4.81. The summed E-state index contributed by atoms with van der Waals surface area (Å²) in [6.07, 6.45) is -3.69. The van der Waals surface area contributed by atoms with Gasteiger partial charge in [0.15, 0.2) is 0 Å². The molecule has 1 N–H and O–H groups in total. The van der Waals surface area contributed by atoms with Gasteiger partial charge in [-0.2, -0.15) is 13.2 Å². The fourth-order valence-corrected chi connectivity index (χ4v) is 1.67. The van der Waals surface area contributed by atoms with Crippen molar-refractivity contribution in [1.82, 2.24) is 5.32 Å². The molecule has 2 unspecified atom stereocenters. The van der Waals surface area contributed by atoms with Crippen molar-refractivity contribution in [2.75, 3.05) is 13.2 Å². The van der Waals surface area contributed by atoms with Crippen molar-refractivity contribution in [2.24, 2.45) is 5.92 Å². The van der Waals surface area contributed by atoms with Crippen molar-refractivity contribution in [1.29, 1.82) is 0 Å². The summed E-state index contributed by atoms with van der Waals surface area (Å²) < 4.78 is 42.8. The molecule has 0 aliphatic carbocycles. The van der Waals surface area contributed by atoms with Crippen LogP contribution in [0.2, 0.25) is 0 Å².